The molecule has 0 heterocycles. The van der Waals surface area contributed by atoms with E-state index in [9.17, 15) is 10.1 Å². The number of nitriles is 1. The minimum absolute atomic E-state index is 0.0885. The van der Waals surface area contributed by atoms with Crippen molar-refractivity contribution in [2.24, 2.45) is 11.3 Å². The molecule has 0 aliphatic heterocycles. The first-order chi connectivity index (χ1) is 18.0. The number of hydrogen-bond donors (Lipinski definition) is 0. The molecule has 1 atom stereocenters. The van der Waals surface area contributed by atoms with Gasteiger partial charge in [0.1, 0.15) is 6.10 Å². The smallest absolute Gasteiger partial charge is 0.338 e. The van der Waals surface area contributed by atoms with Crippen molar-refractivity contribution in [2.75, 3.05) is 0 Å². The number of carbonyl (C=O) groups excluding carboxylic acids is 1. The van der Waals surface area contributed by atoms with E-state index >= 15 is 0 Å². The van der Waals surface area contributed by atoms with Gasteiger partial charge in [-0.15, -0.1) is 0 Å². The molecule has 1 fully saturated rings. The van der Waals surface area contributed by atoms with Gasteiger partial charge in [0.05, 0.1) is 17.0 Å². The number of benzene rings is 2. The minimum Gasteiger partial charge on any atom is -0.459 e. The first-order valence-corrected chi connectivity index (χ1v) is 14.8. The van der Waals surface area contributed by atoms with Crippen LogP contribution < -0.4 is 0 Å². The Bertz CT molecular complexity index is 978. The van der Waals surface area contributed by atoms with E-state index in [0.717, 1.165) is 50.5 Å². The van der Waals surface area contributed by atoms with Gasteiger partial charge in [-0.25, -0.2) is 4.79 Å². The average molecular weight is 502 g/mol. The largest absolute Gasteiger partial charge is 0.459 e. The van der Waals surface area contributed by atoms with Crippen LogP contribution in [0.3, 0.4) is 0 Å². The fourth-order valence-electron chi connectivity index (χ4n) is 5.60. The summed E-state index contributed by atoms with van der Waals surface area (Å²) in [6.07, 6.45) is 15.7. The van der Waals surface area contributed by atoms with Crippen LogP contribution in [0.15, 0.2) is 48.5 Å². The SMILES string of the molecule is CCCCCCCCCc1ccc(-c2ccc(C(=O)O[C@H]3CC[C@@](C#N)(C[C@H](C)CC)CC3)cc2)cc1. The highest BCUT2D eigenvalue weighted by molar-refractivity contribution is 5.90. The summed E-state index contributed by atoms with van der Waals surface area (Å²) in [7, 11) is 0. The second-order valence-corrected chi connectivity index (χ2v) is 11.4. The van der Waals surface area contributed by atoms with Gasteiger partial charge in [-0.05, 0) is 79.7 Å². The summed E-state index contributed by atoms with van der Waals surface area (Å²) >= 11 is 0. The molecule has 2 aromatic carbocycles. The third-order valence-electron chi connectivity index (χ3n) is 8.31. The molecule has 1 aliphatic rings. The van der Waals surface area contributed by atoms with Gasteiger partial charge in [0.25, 0.3) is 0 Å². The Hall–Kier alpha value is -2.60. The predicted molar refractivity (Wildman–Crippen MR) is 153 cm³/mol. The van der Waals surface area contributed by atoms with Crippen molar-refractivity contribution in [3.05, 3.63) is 59.7 Å². The maximum absolute atomic E-state index is 12.8. The van der Waals surface area contributed by atoms with E-state index < -0.39 is 0 Å². The summed E-state index contributed by atoms with van der Waals surface area (Å²) in [5.74, 6) is 0.298. The van der Waals surface area contributed by atoms with Crippen LogP contribution >= 0.6 is 0 Å². The Balaban J connectivity index is 1.45. The summed E-state index contributed by atoms with van der Waals surface area (Å²) in [4.78, 5) is 12.8. The zero-order valence-corrected chi connectivity index (χ0v) is 23.4. The molecule has 3 rings (SSSR count). The van der Waals surface area contributed by atoms with Gasteiger partial charge in [0.15, 0.2) is 0 Å². The monoisotopic (exact) mass is 501 g/mol. The van der Waals surface area contributed by atoms with E-state index in [0.29, 0.717) is 11.5 Å². The molecule has 37 heavy (non-hydrogen) atoms. The van der Waals surface area contributed by atoms with E-state index in [1.165, 1.54) is 56.1 Å². The van der Waals surface area contributed by atoms with Gasteiger partial charge >= 0.3 is 5.97 Å². The second kappa shape index (κ2) is 15.0. The van der Waals surface area contributed by atoms with Gasteiger partial charge in [-0.1, -0.05) is 102 Å². The van der Waals surface area contributed by atoms with Gasteiger partial charge in [0, 0.05) is 0 Å². The van der Waals surface area contributed by atoms with Crippen molar-refractivity contribution in [3.8, 4) is 17.2 Å². The molecule has 0 unspecified atom stereocenters. The molecule has 1 saturated carbocycles. The molecule has 2 aromatic rings. The molecule has 0 aromatic heterocycles. The Morgan fingerprint density at radius 1 is 0.919 bits per heavy atom. The number of nitrogens with zero attached hydrogens (tertiary/aromatic N) is 1. The molecular weight excluding hydrogens is 454 g/mol. The summed E-state index contributed by atoms with van der Waals surface area (Å²) in [6, 6.07) is 19.2. The molecule has 200 valence electrons. The van der Waals surface area contributed by atoms with E-state index in [1.54, 1.807) is 0 Å². The predicted octanol–water partition coefficient (Wildman–Crippen LogP) is 9.69. The third-order valence-corrected chi connectivity index (χ3v) is 8.31. The van der Waals surface area contributed by atoms with Crippen LogP contribution in [0.25, 0.3) is 11.1 Å². The molecule has 0 bridgehead atoms. The minimum atomic E-state index is -0.257. The topological polar surface area (TPSA) is 50.1 Å². The lowest BCUT2D eigenvalue weighted by Crippen LogP contribution is -2.32. The van der Waals surface area contributed by atoms with Crippen LogP contribution in [0.4, 0.5) is 0 Å². The Morgan fingerprint density at radius 3 is 2.05 bits per heavy atom. The molecule has 0 N–H and O–H groups in total. The fourth-order valence-corrected chi connectivity index (χ4v) is 5.60. The third kappa shape index (κ3) is 9.03. The van der Waals surface area contributed by atoms with Crippen molar-refractivity contribution in [3.63, 3.8) is 0 Å². The molecular formula is C34H47NO2. The van der Waals surface area contributed by atoms with Crippen LogP contribution in [0, 0.1) is 22.7 Å². The zero-order valence-electron chi connectivity index (χ0n) is 23.4. The van der Waals surface area contributed by atoms with Crippen molar-refractivity contribution in [1.82, 2.24) is 0 Å². The van der Waals surface area contributed by atoms with Crippen LogP contribution in [-0.4, -0.2) is 12.1 Å². The summed E-state index contributed by atoms with van der Waals surface area (Å²) in [6.45, 7) is 6.67. The van der Waals surface area contributed by atoms with Crippen LogP contribution in [0.1, 0.15) is 120 Å². The van der Waals surface area contributed by atoms with Crippen LogP contribution in [0.2, 0.25) is 0 Å². The second-order valence-electron chi connectivity index (χ2n) is 11.4. The highest BCUT2D eigenvalue weighted by atomic mass is 16.5. The lowest BCUT2D eigenvalue weighted by atomic mass is 9.69. The van der Waals surface area contributed by atoms with E-state index in [-0.39, 0.29) is 17.5 Å². The van der Waals surface area contributed by atoms with E-state index in [1.807, 2.05) is 24.3 Å². The van der Waals surface area contributed by atoms with Crippen molar-refractivity contribution in [1.29, 1.82) is 5.26 Å². The number of aryl methyl sites for hydroxylation is 1. The Kier molecular flexibility index (Phi) is 11.7. The van der Waals surface area contributed by atoms with E-state index in [2.05, 4.69) is 51.1 Å². The summed E-state index contributed by atoms with van der Waals surface area (Å²) < 4.78 is 5.83. The normalized spacial score (nSPS) is 20.2. The Morgan fingerprint density at radius 2 is 1.49 bits per heavy atom. The highest BCUT2D eigenvalue weighted by Gasteiger charge is 2.37. The molecule has 1 aliphatic carbocycles. The van der Waals surface area contributed by atoms with Gasteiger partial charge in [0.2, 0.25) is 0 Å². The number of hydrogen-bond acceptors (Lipinski definition) is 3. The van der Waals surface area contributed by atoms with Crippen molar-refractivity contribution >= 4 is 5.97 Å². The average Bonchev–Trinajstić information content (AvgIpc) is 2.94. The van der Waals surface area contributed by atoms with Crippen molar-refractivity contribution in [2.45, 2.75) is 117 Å². The maximum Gasteiger partial charge on any atom is 0.338 e. The van der Waals surface area contributed by atoms with Crippen LogP contribution in [-0.2, 0) is 11.2 Å². The van der Waals surface area contributed by atoms with Crippen molar-refractivity contribution < 1.29 is 9.53 Å². The van der Waals surface area contributed by atoms with Gasteiger partial charge in [-0.2, -0.15) is 5.26 Å². The fraction of sp³-hybridized carbons (Fsp3) is 0.588. The lowest BCUT2D eigenvalue weighted by Gasteiger charge is -2.36. The summed E-state index contributed by atoms with van der Waals surface area (Å²) in [5.41, 5.74) is 4.03. The molecule has 3 nitrogen and oxygen atoms in total. The molecule has 0 saturated heterocycles. The maximum atomic E-state index is 12.8. The lowest BCUT2D eigenvalue weighted by molar-refractivity contribution is 0.00923. The number of ether oxygens (including phenoxy) is 1. The van der Waals surface area contributed by atoms with Gasteiger partial charge in [-0.3, -0.25) is 0 Å². The molecule has 0 spiro atoms. The quantitative estimate of drug-likeness (QED) is 0.191. The first kappa shape index (κ1) is 29.0. The van der Waals surface area contributed by atoms with E-state index in [4.69, 9.17) is 4.74 Å². The molecule has 3 heteroatoms. The summed E-state index contributed by atoms with van der Waals surface area (Å²) in [5, 5.41) is 9.79. The Labute approximate surface area is 225 Å². The number of rotatable bonds is 14. The molecule has 0 amide bonds. The number of esters is 1. The number of carbonyl (C=O) groups is 1. The highest BCUT2D eigenvalue weighted by Crippen LogP contribution is 2.42. The van der Waals surface area contributed by atoms with Crippen LogP contribution in [0.5, 0.6) is 0 Å². The zero-order chi connectivity index (χ0) is 26.5. The number of unbranched alkanes of at least 4 members (excludes halogenated alkanes) is 6. The standard InChI is InChI=1S/C34H47NO2/c1-4-6-7-8-9-10-11-12-28-13-15-29(16-14-28)30-17-19-31(20-18-30)33(36)37-32-21-23-34(26-35,24-22-32)25-27(3)5-2/h13-20,27,32H,4-12,21-25H2,1-3H3/t27-,32-,34-/m1/s1. The molecule has 0 radical (unpaired) electrons. The first-order valence-electron chi connectivity index (χ1n) is 14.8. The van der Waals surface area contributed by atoms with Gasteiger partial charge < -0.3 is 4.74 Å².